The molecule has 25 heavy (non-hydrogen) atoms. The summed E-state index contributed by atoms with van der Waals surface area (Å²) in [5.41, 5.74) is 1.68. The lowest BCUT2D eigenvalue weighted by Crippen LogP contribution is -2.30. The molecule has 2 saturated heterocycles. The van der Waals surface area contributed by atoms with Crippen molar-refractivity contribution in [2.24, 2.45) is 0 Å². The first-order valence-electron chi connectivity index (χ1n) is 10.1. The van der Waals surface area contributed by atoms with Gasteiger partial charge in [-0.1, -0.05) is 68.5 Å². The maximum atomic E-state index is 12.7. The summed E-state index contributed by atoms with van der Waals surface area (Å²) < 4.78 is 38.1. The van der Waals surface area contributed by atoms with E-state index in [0.717, 1.165) is 11.1 Å². The summed E-state index contributed by atoms with van der Waals surface area (Å²) in [7, 11) is -0.981. The van der Waals surface area contributed by atoms with Gasteiger partial charge in [0.2, 0.25) is 0 Å². The van der Waals surface area contributed by atoms with Gasteiger partial charge in [0.25, 0.3) is 0 Å². The van der Waals surface area contributed by atoms with E-state index in [1.54, 1.807) is 30.3 Å². The van der Waals surface area contributed by atoms with Crippen LogP contribution in [0.5, 0.6) is 0 Å². The Kier molecular flexibility index (Phi) is 6.47. The van der Waals surface area contributed by atoms with Crippen molar-refractivity contribution in [3.8, 4) is 0 Å². The van der Waals surface area contributed by atoms with Crippen LogP contribution in [0.4, 0.5) is 13.2 Å². The van der Waals surface area contributed by atoms with Crippen LogP contribution in [-0.2, 0) is 6.18 Å². The summed E-state index contributed by atoms with van der Waals surface area (Å²) in [5, 5.41) is 0. The Morgan fingerprint density at radius 2 is 1.52 bits per heavy atom. The zero-order chi connectivity index (χ0) is 17.9. The first-order valence-corrected chi connectivity index (χ1v) is 14.9. The largest absolute Gasteiger partial charge is 0.416 e. The summed E-state index contributed by atoms with van der Waals surface area (Å²) in [6, 6.07) is 13.5. The number of alkyl halides is 3. The molecule has 0 bridgehead atoms. The molecule has 0 atom stereocenters. The van der Waals surface area contributed by atoms with E-state index in [0.29, 0.717) is 5.92 Å². The molecule has 0 nitrogen and oxygen atoms in total. The van der Waals surface area contributed by atoms with Gasteiger partial charge in [0.05, 0.1) is 5.56 Å². The molecule has 2 heterocycles. The Morgan fingerprint density at radius 3 is 2.04 bits per heavy atom. The highest BCUT2D eigenvalue weighted by Crippen LogP contribution is 2.43. The van der Waals surface area contributed by atoms with Gasteiger partial charge in [-0.2, -0.15) is 13.2 Å². The van der Waals surface area contributed by atoms with Crippen molar-refractivity contribution in [3.05, 3.63) is 35.4 Å². The molecule has 3 rings (SSSR count). The maximum absolute atomic E-state index is 12.7. The van der Waals surface area contributed by atoms with Crippen LogP contribution in [0, 0.1) is 0 Å². The number of hydrogen-bond donors (Lipinski definition) is 0. The maximum Gasteiger partial charge on any atom is 0.416 e. The zero-order valence-corrected chi connectivity index (χ0v) is 17.6. The molecule has 0 N–H and O–H groups in total. The molecule has 2 aliphatic rings. The van der Waals surface area contributed by atoms with Gasteiger partial charge in [-0.3, -0.25) is 0 Å². The Bertz CT molecular complexity index is 525. The van der Waals surface area contributed by atoms with E-state index in [2.05, 4.69) is 6.92 Å². The van der Waals surface area contributed by atoms with Crippen LogP contribution in [0.2, 0.25) is 35.8 Å². The molecule has 5 heteroatoms. The average molecular weight is 385 g/mol. The van der Waals surface area contributed by atoms with Crippen molar-refractivity contribution >= 4 is 17.6 Å². The highest BCUT2D eigenvalue weighted by molar-refractivity contribution is 6.63. The summed E-state index contributed by atoms with van der Waals surface area (Å²) in [5.74, 6) is 0.497. The summed E-state index contributed by atoms with van der Waals surface area (Å²) in [6.45, 7) is 2.33. The number of hydrogen-bond acceptors (Lipinski definition) is 0. The van der Waals surface area contributed by atoms with Gasteiger partial charge in [0.1, 0.15) is 0 Å². The third kappa shape index (κ3) is 5.00. The second-order valence-corrected chi connectivity index (χ2v) is 15.4. The predicted molar refractivity (Wildman–Crippen MR) is 105 cm³/mol. The lowest BCUT2D eigenvalue weighted by atomic mass is 9.93. The van der Waals surface area contributed by atoms with Crippen molar-refractivity contribution in [3.63, 3.8) is 0 Å². The van der Waals surface area contributed by atoms with E-state index in [4.69, 9.17) is 0 Å². The Balaban J connectivity index is 1.49. The van der Waals surface area contributed by atoms with E-state index in [9.17, 15) is 13.2 Å². The monoisotopic (exact) mass is 384 g/mol. The molecule has 0 aliphatic carbocycles. The van der Waals surface area contributed by atoms with Crippen LogP contribution in [0.1, 0.15) is 56.1 Å². The fourth-order valence-electron chi connectivity index (χ4n) is 5.22. The second-order valence-electron chi connectivity index (χ2n) is 8.30. The standard InChI is InChI=1S/C20H31F3Si2/c1-2-11-24-12-9-19(10-13-24)25-14-7-17(8-15-25)16-3-5-18(6-4-16)20(21,22)23/h3-6,17,19,24-25H,2,7-15H2,1H3/t17?,19-,24-,25?. The van der Waals surface area contributed by atoms with Crippen molar-refractivity contribution in [1.82, 2.24) is 0 Å². The molecular weight excluding hydrogens is 353 g/mol. The summed E-state index contributed by atoms with van der Waals surface area (Å²) >= 11 is 0. The molecule has 0 spiro atoms. The van der Waals surface area contributed by atoms with E-state index < -0.39 is 20.5 Å². The third-order valence-corrected chi connectivity index (χ3v) is 14.6. The molecule has 0 radical (unpaired) electrons. The number of halogens is 3. The van der Waals surface area contributed by atoms with E-state index in [1.807, 2.05) is 0 Å². The van der Waals surface area contributed by atoms with E-state index in [-0.39, 0.29) is 8.80 Å². The van der Waals surface area contributed by atoms with Crippen LogP contribution < -0.4 is 0 Å². The minimum absolute atomic E-state index is 0.369. The van der Waals surface area contributed by atoms with Crippen LogP contribution >= 0.6 is 0 Å². The summed E-state index contributed by atoms with van der Waals surface area (Å²) in [6.07, 6.45) is 2.65. The Morgan fingerprint density at radius 1 is 0.920 bits per heavy atom. The molecule has 0 saturated carbocycles. The molecule has 2 fully saturated rings. The van der Waals surface area contributed by atoms with Crippen molar-refractivity contribution in [2.45, 2.75) is 86.9 Å². The molecule has 1 aromatic carbocycles. The topological polar surface area (TPSA) is 0 Å². The lowest BCUT2D eigenvalue weighted by Gasteiger charge is -2.37. The van der Waals surface area contributed by atoms with E-state index in [1.165, 1.54) is 56.3 Å². The van der Waals surface area contributed by atoms with E-state index >= 15 is 0 Å². The predicted octanol–water partition coefficient (Wildman–Crippen LogP) is 6.61. The van der Waals surface area contributed by atoms with Gasteiger partial charge in [0, 0.05) is 17.6 Å². The van der Waals surface area contributed by atoms with Crippen LogP contribution in [-0.4, -0.2) is 17.6 Å². The van der Waals surface area contributed by atoms with Crippen LogP contribution in [0.25, 0.3) is 0 Å². The van der Waals surface area contributed by atoms with Crippen molar-refractivity contribution in [1.29, 1.82) is 0 Å². The minimum Gasteiger partial charge on any atom is -0.166 e. The molecule has 140 valence electrons. The number of benzene rings is 1. The molecule has 0 unspecified atom stereocenters. The quantitative estimate of drug-likeness (QED) is 0.512. The first kappa shape index (κ1) is 19.2. The van der Waals surface area contributed by atoms with Gasteiger partial charge >= 0.3 is 6.18 Å². The molecular formula is C20H31F3Si2. The van der Waals surface area contributed by atoms with Crippen molar-refractivity contribution in [2.75, 3.05) is 0 Å². The molecule has 0 aromatic heterocycles. The lowest BCUT2D eigenvalue weighted by molar-refractivity contribution is -0.137. The first-order chi connectivity index (χ1) is 12.0. The fraction of sp³-hybridized carbons (Fsp3) is 0.700. The van der Waals surface area contributed by atoms with Gasteiger partial charge in [0.15, 0.2) is 0 Å². The minimum atomic E-state index is -4.22. The Labute approximate surface area is 153 Å². The normalized spacial score (nSPS) is 31.0. The molecule has 1 aromatic rings. The fourth-order valence-corrected chi connectivity index (χ4v) is 13.7. The van der Waals surface area contributed by atoms with Crippen LogP contribution in [0.15, 0.2) is 24.3 Å². The van der Waals surface area contributed by atoms with Gasteiger partial charge < -0.3 is 0 Å². The molecule has 0 amide bonds. The second kappa shape index (κ2) is 8.42. The highest BCUT2D eigenvalue weighted by atomic mass is 28.3. The smallest absolute Gasteiger partial charge is 0.166 e. The number of rotatable bonds is 4. The van der Waals surface area contributed by atoms with Gasteiger partial charge in [-0.05, 0) is 42.0 Å². The van der Waals surface area contributed by atoms with Crippen LogP contribution in [0.3, 0.4) is 0 Å². The highest BCUT2D eigenvalue weighted by Gasteiger charge is 2.33. The molecule has 2 aliphatic heterocycles. The van der Waals surface area contributed by atoms with Crippen molar-refractivity contribution < 1.29 is 13.2 Å². The zero-order valence-electron chi connectivity index (χ0n) is 15.3. The van der Waals surface area contributed by atoms with Gasteiger partial charge in [-0.15, -0.1) is 0 Å². The SMILES string of the molecule is CCC[Si@H]1CC[C@H]([SiH]2CCC(c3ccc(C(F)(F)F)cc3)CC2)CC1. The summed E-state index contributed by atoms with van der Waals surface area (Å²) in [4.78, 5) is 0. The average Bonchev–Trinajstić information content (AvgIpc) is 2.62. The van der Waals surface area contributed by atoms with Gasteiger partial charge in [-0.25, -0.2) is 0 Å². The Hall–Kier alpha value is -0.556. The third-order valence-electron chi connectivity index (χ3n) is 6.74.